The SMILES string of the molecule is Cn1nc(N)nc1Cc1ccc(F)cc1. The third-order valence-electron chi connectivity index (χ3n) is 2.15. The maximum absolute atomic E-state index is 12.7. The van der Waals surface area contributed by atoms with Crippen molar-refractivity contribution in [3.8, 4) is 0 Å². The highest BCUT2D eigenvalue weighted by Gasteiger charge is 2.05. The van der Waals surface area contributed by atoms with Gasteiger partial charge in [-0.2, -0.15) is 4.98 Å². The van der Waals surface area contributed by atoms with E-state index in [4.69, 9.17) is 5.73 Å². The Kier molecular flexibility index (Phi) is 2.37. The third kappa shape index (κ3) is 2.12. The van der Waals surface area contributed by atoms with E-state index < -0.39 is 0 Å². The molecule has 0 unspecified atom stereocenters. The predicted molar refractivity (Wildman–Crippen MR) is 54.6 cm³/mol. The van der Waals surface area contributed by atoms with Crippen molar-refractivity contribution in [3.05, 3.63) is 41.5 Å². The molecule has 0 aliphatic heterocycles. The van der Waals surface area contributed by atoms with Crippen LogP contribution in [0.1, 0.15) is 11.4 Å². The fourth-order valence-electron chi connectivity index (χ4n) is 1.38. The summed E-state index contributed by atoms with van der Waals surface area (Å²) in [6.45, 7) is 0. The molecule has 2 rings (SSSR count). The van der Waals surface area contributed by atoms with E-state index in [2.05, 4.69) is 10.1 Å². The van der Waals surface area contributed by atoms with Gasteiger partial charge in [0.15, 0.2) is 0 Å². The van der Waals surface area contributed by atoms with Gasteiger partial charge in [0.2, 0.25) is 5.95 Å². The molecule has 0 saturated heterocycles. The molecule has 1 aromatic heterocycles. The van der Waals surface area contributed by atoms with E-state index >= 15 is 0 Å². The molecule has 78 valence electrons. The number of rotatable bonds is 2. The van der Waals surface area contributed by atoms with Gasteiger partial charge in [0, 0.05) is 13.5 Å². The topological polar surface area (TPSA) is 56.7 Å². The third-order valence-corrected chi connectivity index (χ3v) is 2.15. The lowest BCUT2D eigenvalue weighted by molar-refractivity contribution is 0.627. The number of nitrogens with two attached hydrogens (primary N) is 1. The van der Waals surface area contributed by atoms with E-state index in [1.54, 1.807) is 23.9 Å². The summed E-state index contributed by atoms with van der Waals surface area (Å²) in [6, 6.07) is 6.30. The first kappa shape index (κ1) is 9.64. The summed E-state index contributed by atoms with van der Waals surface area (Å²) in [7, 11) is 1.78. The molecule has 2 N–H and O–H groups in total. The largest absolute Gasteiger partial charge is 0.366 e. The van der Waals surface area contributed by atoms with Gasteiger partial charge in [-0.25, -0.2) is 4.39 Å². The normalized spacial score (nSPS) is 10.5. The number of hydrogen-bond acceptors (Lipinski definition) is 3. The number of nitrogens with zero attached hydrogens (tertiary/aromatic N) is 3. The molecule has 15 heavy (non-hydrogen) atoms. The number of benzene rings is 1. The van der Waals surface area contributed by atoms with E-state index in [0.29, 0.717) is 6.42 Å². The summed E-state index contributed by atoms with van der Waals surface area (Å²) in [6.07, 6.45) is 0.598. The van der Waals surface area contributed by atoms with Gasteiger partial charge in [0.1, 0.15) is 11.6 Å². The van der Waals surface area contributed by atoms with Crippen LogP contribution >= 0.6 is 0 Å². The van der Waals surface area contributed by atoms with Gasteiger partial charge in [0.25, 0.3) is 0 Å². The average Bonchev–Trinajstić information content (AvgIpc) is 2.49. The fraction of sp³-hybridized carbons (Fsp3) is 0.200. The summed E-state index contributed by atoms with van der Waals surface area (Å²) < 4.78 is 14.3. The zero-order valence-corrected chi connectivity index (χ0v) is 8.31. The second-order valence-corrected chi connectivity index (χ2v) is 3.31. The Labute approximate surface area is 86.6 Å². The molecular formula is C10H11FN4. The van der Waals surface area contributed by atoms with Crippen LogP contribution in [0, 0.1) is 5.82 Å². The Bertz CT molecular complexity index is 461. The van der Waals surface area contributed by atoms with Crippen LogP contribution in [0.4, 0.5) is 10.3 Å². The standard InChI is InChI=1S/C10H11FN4/c1-15-9(13-10(12)14-15)6-7-2-4-8(11)5-3-7/h2-5H,6H2,1H3,(H2,12,14). The second kappa shape index (κ2) is 3.68. The van der Waals surface area contributed by atoms with E-state index in [1.807, 2.05) is 0 Å². The summed E-state index contributed by atoms with van der Waals surface area (Å²) in [5, 5.41) is 3.93. The van der Waals surface area contributed by atoms with Crippen molar-refractivity contribution in [2.45, 2.75) is 6.42 Å². The van der Waals surface area contributed by atoms with Gasteiger partial charge in [-0.15, -0.1) is 5.10 Å². The van der Waals surface area contributed by atoms with Crippen LogP contribution in [0.15, 0.2) is 24.3 Å². The molecular weight excluding hydrogens is 195 g/mol. The molecule has 0 spiro atoms. The molecule has 1 aromatic carbocycles. The Morgan fingerprint density at radius 1 is 1.33 bits per heavy atom. The number of aryl methyl sites for hydroxylation is 1. The van der Waals surface area contributed by atoms with Crippen LogP contribution in [0.3, 0.4) is 0 Å². The lowest BCUT2D eigenvalue weighted by atomic mass is 10.1. The molecule has 1 heterocycles. The molecule has 0 atom stereocenters. The van der Waals surface area contributed by atoms with Crippen LogP contribution in [0.25, 0.3) is 0 Å². The molecule has 0 aliphatic rings. The van der Waals surface area contributed by atoms with Crippen LogP contribution < -0.4 is 5.73 Å². The minimum absolute atomic E-state index is 0.240. The maximum Gasteiger partial charge on any atom is 0.239 e. The second-order valence-electron chi connectivity index (χ2n) is 3.31. The minimum Gasteiger partial charge on any atom is -0.366 e. The van der Waals surface area contributed by atoms with Crippen molar-refractivity contribution in [1.29, 1.82) is 0 Å². The Morgan fingerprint density at radius 2 is 2.00 bits per heavy atom. The zero-order valence-electron chi connectivity index (χ0n) is 8.31. The van der Waals surface area contributed by atoms with Gasteiger partial charge in [0.05, 0.1) is 0 Å². The first-order valence-corrected chi connectivity index (χ1v) is 4.55. The highest BCUT2D eigenvalue weighted by Crippen LogP contribution is 2.08. The summed E-state index contributed by atoms with van der Waals surface area (Å²) >= 11 is 0. The van der Waals surface area contributed by atoms with E-state index in [0.717, 1.165) is 11.4 Å². The van der Waals surface area contributed by atoms with E-state index in [-0.39, 0.29) is 11.8 Å². The summed E-state index contributed by atoms with van der Waals surface area (Å²) in [5.41, 5.74) is 6.43. The van der Waals surface area contributed by atoms with Gasteiger partial charge < -0.3 is 5.73 Å². The molecule has 0 aliphatic carbocycles. The van der Waals surface area contributed by atoms with Crippen molar-refractivity contribution < 1.29 is 4.39 Å². The number of nitrogen functional groups attached to an aromatic ring is 1. The van der Waals surface area contributed by atoms with Gasteiger partial charge in [-0.3, -0.25) is 4.68 Å². The lowest BCUT2D eigenvalue weighted by Gasteiger charge is -1.99. The van der Waals surface area contributed by atoms with Crippen LogP contribution in [0.5, 0.6) is 0 Å². The first-order valence-electron chi connectivity index (χ1n) is 4.55. The molecule has 0 bridgehead atoms. The molecule has 0 saturated carbocycles. The lowest BCUT2D eigenvalue weighted by Crippen LogP contribution is -2.00. The van der Waals surface area contributed by atoms with Crippen molar-refractivity contribution >= 4 is 5.95 Å². The molecule has 0 amide bonds. The molecule has 5 heteroatoms. The molecule has 0 fully saturated rings. The highest BCUT2D eigenvalue weighted by atomic mass is 19.1. The monoisotopic (exact) mass is 206 g/mol. The molecule has 0 radical (unpaired) electrons. The van der Waals surface area contributed by atoms with Crippen molar-refractivity contribution in [1.82, 2.24) is 14.8 Å². The number of halogens is 1. The average molecular weight is 206 g/mol. The Hall–Kier alpha value is -1.91. The predicted octanol–water partition coefficient (Wildman–Crippen LogP) is 1.13. The van der Waals surface area contributed by atoms with E-state index in [1.165, 1.54) is 12.1 Å². The smallest absolute Gasteiger partial charge is 0.239 e. The summed E-state index contributed by atoms with van der Waals surface area (Å²) in [4.78, 5) is 4.06. The van der Waals surface area contributed by atoms with Crippen molar-refractivity contribution in [2.24, 2.45) is 7.05 Å². The van der Waals surface area contributed by atoms with Crippen molar-refractivity contribution in [2.75, 3.05) is 5.73 Å². The molecule has 4 nitrogen and oxygen atoms in total. The van der Waals surface area contributed by atoms with Gasteiger partial charge >= 0.3 is 0 Å². The number of hydrogen-bond donors (Lipinski definition) is 1. The minimum atomic E-state index is -0.240. The van der Waals surface area contributed by atoms with E-state index in [9.17, 15) is 4.39 Å². The quantitative estimate of drug-likeness (QED) is 0.801. The van der Waals surface area contributed by atoms with Gasteiger partial charge in [-0.1, -0.05) is 12.1 Å². The van der Waals surface area contributed by atoms with Crippen LogP contribution in [-0.2, 0) is 13.5 Å². The van der Waals surface area contributed by atoms with Crippen LogP contribution in [-0.4, -0.2) is 14.8 Å². The number of anilines is 1. The van der Waals surface area contributed by atoms with Crippen molar-refractivity contribution in [3.63, 3.8) is 0 Å². The van der Waals surface area contributed by atoms with Gasteiger partial charge in [-0.05, 0) is 17.7 Å². The maximum atomic E-state index is 12.7. The van der Waals surface area contributed by atoms with Crippen LogP contribution in [0.2, 0.25) is 0 Å². The highest BCUT2D eigenvalue weighted by molar-refractivity contribution is 5.22. The first-order chi connectivity index (χ1) is 7.15. The number of aromatic nitrogens is 3. The fourth-order valence-corrected chi connectivity index (χ4v) is 1.38. The Morgan fingerprint density at radius 3 is 2.53 bits per heavy atom. The summed E-state index contributed by atoms with van der Waals surface area (Å²) in [5.74, 6) is 0.782. The zero-order chi connectivity index (χ0) is 10.8. The Balaban J connectivity index is 2.21. The molecule has 2 aromatic rings.